The molecule has 0 aliphatic heterocycles. The highest BCUT2D eigenvalue weighted by Gasteiger charge is 2.17. The molecule has 1 atom stereocenters. The minimum atomic E-state index is -1.07. The van der Waals surface area contributed by atoms with Gasteiger partial charge in [0.25, 0.3) is 0 Å². The molecule has 1 heterocycles. The first-order chi connectivity index (χ1) is 6.14. The number of aliphatic hydroxyl groups excluding tert-OH is 1. The van der Waals surface area contributed by atoms with Crippen molar-refractivity contribution < 1.29 is 10.2 Å². The van der Waals surface area contributed by atoms with E-state index in [0.29, 0.717) is 13.1 Å². The van der Waals surface area contributed by atoms with E-state index in [9.17, 15) is 5.11 Å². The van der Waals surface area contributed by atoms with Crippen LogP contribution in [0.15, 0.2) is 5.38 Å². The van der Waals surface area contributed by atoms with Gasteiger partial charge in [-0.1, -0.05) is 4.49 Å². The third-order valence-electron chi connectivity index (χ3n) is 1.56. The summed E-state index contributed by atoms with van der Waals surface area (Å²) < 4.78 is 3.70. The summed E-state index contributed by atoms with van der Waals surface area (Å²) in [6.45, 7) is 2.21. The highest BCUT2D eigenvalue weighted by Crippen LogP contribution is 2.00. The summed E-state index contributed by atoms with van der Waals surface area (Å²) in [5, 5.41) is 26.8. The Morgan fingerprint density at radius 3 is 3.00 bits per heavy atom. The van der Waals surface area contributed by atoms with Gasteiger partial charge in [0, 0.05) is 18.5 Å². The van der Waals surface area contributed by atoms with Crippen LogP contribution in [0.2, 0.25) is 0 Å². The largest absolute Gasteiger partial charge is 0.393 e. The van der Waals surface area contributed by atoms with Crippen molar-refractivity contribution in [2.75, 3.05) is 13.2 Å². The minimum Gasteiger partial charge on any atom is -0.393 e. The number of aromatic nitrogens is 2. The molecule has 0 fully saturated rings. The topological polar surface area (TPSA) is 78.3 Å². The lowest BCUT2D eigenvalue weighted by molar-refractivity contribution is 0.00248. The molecule has 1 aromatic heterocycles. The summed E-state index contributed by atoms with van der Waals surface area (Å²) in [6, 6.07) is 0. The highest BCUT2D eigenvalue weighted by molar-refractivity contribution is 7.03. The maximum atomic E-state index is 9.41. The van der Waals surface area contributed by atoms with E-state index in [1.165, 1.54) is 11.5 Å². The number of hydrogen-bond donors (Lipinski definition) is 3. The number of nitrogens with one attached hydrogen (secondary N) is 1. The van der Waals surface area contributed by atoms with Crippen LogP contribution in [0.1, 0.15) is 12.6 Å². The molecule has 1 rings (SSSR count). The summed E-state index contributed by atoms with van der Waals surface area (Å²) in [5.74, 6) is 0. The Hall–Kier alpha value is -0.560. The van der Waals surface area contributed by atoms with E-state index in [4.69, 9.17) is 5.11 Å². The molecule has 0 radical (unpaired) electrons. The average molecular weight is 203 g/mol. The normalized spacial score (nSPS) is 15.6. The van der Waals surface area contributed by atoms with Gasteiger partial charge in [-0.3, -0.25) is 0 Å². The van der Waals surface area contributed by atoms with E-state index in [1.54, 1.807) is 6.92 Å². The second-order valence-corrected chi connectivity index (χ2v) is 3.76. The second-order valence-electron chi connectivity index (χ2n) is 3.15. The Morgan fingerprint density at radius 1 is 1.69 bits per heavy atom. The SMILES string of the molecule is CC(O)(CO)CNCc1csnn1. The van der Waals surface area contributed by atoms with Crippen molar-refractivity contribution >= 4 is 11.5 Å². The van der Waals surface area contributed by atoms with Crippen molar-refractivity contribution in [2.24, 2.45) is 0 Å². The van der Waals surface area contributed by atoms with Crippen LogP contribution in [-0.2, 0) is 6.54 Å². The zero-order chi connectivity index (χ0) is 9.73. The summed E-state index contributed by atoms with van der Waals surface area (Å²) in [6.07, 6.45) is 0. The summed E-state index contributed by atoms with van der Waals surface area (Å²) in [7, 11) is 0. The van der Waals surface area contributed by atoms with Gasteiger partial charge in [-0.15, -0.1) is 5.10 Å². The Bertz CT molecular complexity index is 238. The Morgan fingerprint density at radius 2 is 2.46 bits per heavy atom. The average Bonchev–Trinajstić information content (AvgIpc) is 2.57. The molecular weight excluding hydrogens is 190 g/mol. The monoisotopic (exact) mass is 203 g/mol. The number of nitrogens with zero attached hydrogens (tertiary/aromatic N) is 2. The molecule has 1 unspecified atom stereocenters. The van der Waals surface area contributed by atoms with Crippen LogP contribution in [0.5, 0.6) is 0 Å². The lowest BCUT2D eigenvalue weighted by Crippen LogP contribution is -2.40. The van der Waals surface area contributed by atoms with Gasteiger partial charge in [-0.25, -0.2) is 0 Å². The van der Waals surface area contributed by atoms with Crippen molar-refractivity contribution in [1.29, 1.82) is 0 Å². The fourth-order valence-electron chi connectivity index (χ4n) is 0.777. The fraction of sp³-hybridized carbons (Fsp3) is 0.714. The molecule has 0 aliphatic rings. The van der Waals surface area contributed by atoms with E-state index in [-0.39, 0.29) is 6.61 Å². The quantitative estimate of drug-likeness (QED) is 0.594. The maximum absolute atomic E-state index is 9.41. The predicted octanol–water partition coefficient (Wildman–Crippen LogP) is -0.629. The molecule has 3 N–H and O–H groups in total. The molecule has 13 heavy (non-hydrogen) atoms. The van der Waals surface area contributed by atoms with Gasteiger partial charge in [0.05, 0.1) is 17.9 Å². The van der Waals surface area contributed by atoms with E-state index < -0.39 is 5.60 Å². The van der Waals surface area contributed by atoms with Gasteiger partial charge in [0.15, 0.2) is 0 Å². The van der Waals surface area contributed by atoms with Crippen LogP contribution < -0.4 is 5.32 Å². The van der Waals surface area contributed by atoms with Crippen molar-refractivity contribution in [3.8, 4) is 0 Å². The number of hydrogen-bond acceptors (Lipinski definition) is 6. The Balaban J connectivity index is 2.21. The maximum Gasteiger partial charge on any atom is 0.0972 e. The molecule has 0 aromatic carbocycles. The molecular formula is C7H13N3O2S. The zero-order valence-corrected chi connectivity index (χ0v) is 8.21. The zero-order valence-electron chi connectivity index (χ0n) is 7.40. The fourth-order valence-corrected chi connectivity index (χ4v) is 1.23. The third kappa shape index (κ3) is 3.77. The summed E-state index contributed by atoms with van der Waals surface area (Å²) in [5.41, 5.74) is -0.220. The summed E-state index contributed by atoms with van der Waals surface area (Å²) >= 11 is 1.29. The lowest BCUT2D eigenvalue weighted by atomic mass is 10.1. The van der Waals surface area contributed by atoms with Crippen molar-refractivity contribution in [3.05, 3.63) is 11.1 Å². The molecule has 0 saturated carbocycles. The van der Waals surface area contributed by atoms with Crippen LogP contribution in [-0.4, -0.2) is 38.6 Å². The molecule has 1 aromatic rings. The predicted molar refractivity (Wildman–Crippen MR) is 49.3 cm³/mol. The molecule has 5 nitrogen and oxygen atoms in total. The molecule has 0 aliphatic carbocycles. The third-order valence-corrected chi connectivity index (χ3v) is 2.11. The standard InChI is InChI=1S/C7H13N3O2S/c1-7(12,5-11)4-8-2-6-3-13-10-9-6/h3,8,11-12H,2,4-5H2,1H3. The van der Waals surface area contributed by atoms with Crippen LogP contribution in [0, 0.1) is 0 Å². The van der Waals surface area contributed by atoms with Crippen molar-refractivity contribution in [3.63, 3.8) is 0 Å². The van der Waals surface area contributed by atoms with Crippen LogP contribution in [0.25, 0.3) is 0 Å². The van der Waals surface area contributed by atoms with E-state index in [1.807, 2.05) is 5.38 Å². The van der Waals surface area contributed by atoms with Crippen molar-refractivity contribution in [2.45, 2.75) is 19.1 Å². The summed E-state index contributed by atoms with van der Waals surface area (Å²) in [4.78, 5) is 0. The smallest absolute Gasteiger partial charge is 0.0972 e. The van der Waals surface area contributed by atoms with E-state index in [2.05, 4.69) is 14.9 Å². The number of rotatable bonds is 5. The highest BCUT2D eigenvalue weighted by atomic mass is 32.1. The molecule has 0 bridgehead atoms. The van der Waals surface area contributed by atoms with Gasteiger partial charge in [0.1, 0.15) is 0 Å². The van der Waals surface area contributed by atoms with Gasteiger partial charge in [0.2, 0.25) is 0 Å². The number of aliphatic hydroxyl groups is 2. The minimum absolute atomic E-state index is 0.255. The second kappa shape index (κ2) is 4.61. The Kier molecular flexibility index (Phi) is 3.73. The molecule has 0 saturated heterocycles. The first-order valence-corrected chi connectivity index (χ1v) is 4.77. The molecule has 0 amide bonds. The van der Waals surface area contributed by atoms with E-state index in [0.717, 1.165) is 5.69 Å². The molecule has 6 heteroatoms. The van der Waals surface area contributed by atoms with E-state index >= 15 is 0 Å². The van der Waals surface area contributed by atoms with Crippen LogP contribution >= 0.6 is 11.5 Å². The van der Waals surface area contributed by atoms with Crippen LogP contribution in [0.4, 0.5) is 0 Å². The van der Waals surface area contributed by atoms with Gasteiger partial charge < -0.3 is 15.5 Å². The Labute approximate surface area is 80.6 Å². The van der Waals surface area contributed by atoms with Gasteiger partial charge in [-0.2, -0.15) is 0 Å². The van der Waals surface area contributed by atoms with Crippen LogP contribution in [0.3, 0.4) is 0 Å². The first-order valence-electron chi connectivity index (χ1n) is 3.94. The lowest BCUT2D eigenvalue weighted by Gasteiger charge is -2.20. The molecule has 0 spiro atoms. The van der Waals surface area contributed by atoms with Crippen molar-refractivity contribution in [1.82, 2.24) is 14.9 Å². The first kappa shape index (κ1) is 10.5. The van der Waals surface area contributed by atoms with Gasteiger partial charge in [-0.05, 0) is 18.5 Å². The molecule has 74 valence electrons. The van der Waals surface area contributed by atoms with Gasteiger partial charge >= 0.3 is 0 Å².